The molecule has 1 aromatic heterocycles. The molecule has 2 aromatic carbocycles. The molecule has 0 bridgehead atoms. The van der Waals surface area contributed by atoms with E-state index in [2.05, 4.69) is 17.2 Å². The molecule has 1 amide bonds. The number of carbonyl (C=O) groups is 2. The largest absolute Gasteiger partial charge is 0.478 e. The Balaban J connectivity index is 1.61. The number of halogens is 4. The molecule has 0 aliphatic heterocycles. The first-order chi connectivity index (χ1) is 16.7. The van der Waals surface area contributed by atoms with E-state index >= 15 is 0 Å². The van der Waals surface area contributed by atoms with E-state index in [9.17, 15) is 22.8 Å². The predicted octanol–water partition coefficient (Wildman–Crippen LogP) is 6.95. The number of hydrogen-bond donors (Lipinski definition) is 2. The molecular weight excluding hydrogens is 481 g/mol. The molecule has 1 saturated carbocycles. The zero-order chi connectivity index (χ0) is 25.3. The molecule has 35 heavy (non-hydrogen) atoms. The average Bonchev–Trinajstić information content (AvgIpc) is 3.54. The minimum absolute atomic E-state index is 0.0972. The number of benzene rings is 2. The third kappa shape index (κ3) is 5.48. The summed E-state index contributed by atoms with van der Waals surface area (Å²) in [5, 5.41) is 11.6. The predicted molar refractivity (Wildman–Crippen MR) is 126 cm³/mol. The Kier molecular flexibility index (Phi) is 7.12. The zero-order valence-electron chi connectivity index (χ0n) is 18.6. The van der Waals surface area contributed by atoms with E-state index in [1.165, 1.54) is 42.6 Å². The number of pyridine rings is 1. The van der Waals surface area contributed by atoms with Crippen molar-refractivity contribution in [3.63, 3.8) is 0 Å². The fraction of sp³-hybridized carbons (Fsp3) is 0.269. The molecular formula is C26H22ClF3N2O3. The Morgan fingerprint density at radius 2 is 1.83 bits per heavy atom. The molecule has 3 atom stereocenters. The summed E-state index contributed by atoms with van der Waals surface area (Å²) in [6.45, 7) is 2.09. The van der Waals surface area contributed by atoms with Crippen molar-refractivity contribution in [2.75, 3.05) is 5.32 Å². The maximum absolute atomic E-state index is 14.6. The summed E-state index contributed by atoms with van der Waals surface area (Å²) in [7, 11) is 0. The van der Waals surface area contributed by atoms with Crippen LogP contribution in [-0.2, 0) is 4.79 Å². The Bertz CT molecular complexity index is 1250. The number of carboxylic acids is 1. The monoisotopic (exact) mass is 502 g/mol. The standard InChI is InChI=1S/C26H22ClF3N2O3/c1-13-10-16(13)11-19(25(33)32-17-5-2-14(3-6-17)26(34)35)21-9-4-15(12-31-21)22-18(24(29)30)7-8-20(27)23(22)28/h2-9,12-13,16,19,24H,10-11H2,1H3,(H,32,33)(H,34,35)/t13-,16+,19?/m1/s1. The number of aromatic nitrogens is 1. The highest BCUT2D eigenvalue weighted by Crippen LogP contribution is 2.45. The van der Waals surface area contributed by atoms with Gasteiger partial charge in [-0.2, -0.15) is 0 Å². The second-order valence-electron chi connectivity index (χ2n) is 8.73. The van der Waals surface area contributed by atoms with Crippen LogP contribution in [0.25, 0.3) is 11.1 Å². The summed E-state index contributed by atoms with van der Waals surface area (Å²) in [5.74, 6) is -2.15. The lowest BCUT2D eigenvalue weighted by Gasteiger charge is -2.18. The van der Waals surface area contributed by atoms with Gasteiger partial charge in [0.25, 0.3) is 6.43 Å². The highest BCUT2D eigenvalue weighted by atomic mass is 35.5. The first-order valence-corrected chi connectivity index (χ1v) is 11.4. The Morgan fingerprint density at radius 3 is 2.37 bits per heavy atom. The van der Waals surface area contributed by atoms with E-state index < -0.39 is 29.7 Å². The third-order valence-corrected chi connectivity index (χ3v) is 6.62. The van der Waals surface area contributed by atoms with Crippen molar-refractivity contribution in [2.24, 2.45) is 11.8 Å². The normalized spacial score (nSPS) is 17.8. The minimum atomic E-state index is -2.90. The fourth-order valence-corrected chi connectivity index (χ4v) is 4.28. The van der Waals surface area contributed by atoms with Crippen LogP contribution < -0.4 is 5.32 Å². The van der Waals surface area contributed by atoms with Gasteiger partial charge >= 0.3 is 5.97 Å². The topological polar surface area (TPSA) is 79.3 Å². The second kappa shape index (κ2) is 10.1. The number of hydrogen-bond acceptors (Lipinski definition) is 3. The highest BCUT2D eigenvalue weighted by Gasteiger charge is 2.37. The zero-order valence-corrected chi connectivity index (χ0v) is 19.4. The van der Waals surface area contributed by atoms with Crippen molar-refractivity contribution in [3.8, 4) is 11.1 Å². The van der Waals surface area contributed by atoms with Gasteiger partial charge in [-0.1, -0.05) is 30.7 Å². The summed E-state index contributed by atoms with van der Waals surface area (Å²) in [6, 6.07) is 11.0. The molecule has 1 heterocycles. The molecule has 4 rings (SSSR count). The minimum Gasteiger partial charge on any atom is -0.478 e. The van der Waals surface area contributed by atoms with E-state index in [-0.39, 0.29) is 27.6 Å². The molecule has 1 unspecified atom stereocenters. The van der Waals surface area contributed by atoms with Gasteiger partial charge in [0.05, 0.1) is 22.2 Å². The number of anilines is 1. The molecule has 1 aliphatic rings. The lowest BCUT2D eigenvalue weighted by Crippen LogP contribution is -2.23. The molecule has 0 saturated heterocycles. The maximum atomic E-state index is 14.6. The summed E-state index contributed by atoms with van der Waals surface area (Å²) >= 11 is 5.82. The number of nitrogens with zero attached hydrogens (tertiary/aromatic N) is 1. The first-order valence-electron chi connectivity index (χ1n) is 11.0. The quantitative estimate of drug-likeness (QED) is 0.349. The third-order valence-electron chi connectivity index (χ3n) is 6.32. The van der Waals surface area contributed by atoms with Crippen molar-refractivity contribution in [2.45, 2.75) is 32.1 Å². The Hall–Kier alpha value is -3.39. The van der Waals surface area contributed by atoms with Crippen LogP contribution in [0.1, 0.15) is 53.7 Å². The molecule has 2 N–H and O–H groups in total. The van der Waals surface area contributed by atoms with Crippen molar-refractivity contribution >= 4 is 29.2 Å². The van der Waals surface area contributed by atoms with Gasteiger partial charge in [0.1, 0.15) is 5.82 Å². The summed E-state index contributed by atoms with van der Waals surface area (Å²) in [6.07, 6.45) is -0.103. The second-order valence-corrected chi connectivity index (χ2v) is 9.14. The van der Waals surface area contributed by atoms with Gasteiger partial charge in [-0.05, 0) is 61.1 Å². The van der Waals surface area contributed by atoms with Crippen molar-refractivity contribution in [1.82, 2.24) is 4.98 Å². The maximum Gasteiger partial charge on any atom is 0.335 e. The van der Waals surface area contributed by atoms with Crippen molar-refractivity contribution in [1.29, 1.82) is 0 Å². The van der Waals surface area contributed by atoms with Gasteiger partial charge in [-0.25, -0.2) is 18.0 Å². The Morgan fingerprint density at radius 1 is 1.14 bits per heavy atom. The number of carbonyl (C=O) groups excluding carboxylic acids is 1. The molecule has 182 valence electrons. The summed E-state index contributed by atoms with van der Waals surface area (Å²) in [5.41, 5.74) is 0.281. The van der Waals surface area contributed by atoms with E-state index in [0.29, 0.717) is 29.6 Å². The highest BCUT2D eigenvalue weighted by molar-refractivity contribution is 6.31. The average molecular weight is 503 g/mol. The van der Waals surface area contributed by atoms with E-state index in [1.54, 1.807) is 0 Å². The van der Waals surface area contributed by atoms with Crippen molar-refractivity contribution < 1.29 is 27.9 Å². The fourth-order valence-electron chi connectivity index (χ4n) is 4.12. The van der Waals surface area contributed by atoms with Crippen LogP contribution in [0, 0.1) is 17.7 Å². The van der Waals surface area contributed by atoms with Gasteiger partial charge in [0.15, 0.2) is 0 Å². The van der Waals surface area contributed by atoms with Gasteiger partial charge in [0, 0.05) is 28.6 Å². The number of rotatable bonds is 8. The number of alkyl halides is 2. The van der Waals surface area contributed by atoms with Crippen LogP contribution in [0.15, 0.2) is 54.7 Å². The van der Waals surface area contributed by atoms with Gasteiger partial charge < -0.3 is 10.4 Å². The molecule has 0 radical (unpaired) electrons. The first kappa shape index (κ1) is 24.7. The SMILES string of the molecule is C[C@@H]1C[C@H]1CC(C(=O)Nc1ccc(C(=O)O)cc1)c1ccc(-c2c(C(F)F)ccc(Cl)c2F)cn1. The summed E-state index contributed by atoms with van der Waals surface area (Å²) < 4.78 is 41.6. The van der Waals surface area contributed by atoms with Gasteiger partial charge in [-0.15, -0.1) is 0 Å². The van der Waals surface area contributed by atoms with Gasteiger partial charge in [0.2, 0.25) is 5.91 Å². The van der Waals surface area contributed by atoms with Crippen LogP contribution in [0.2, 0.25) is 5.02 Å². The lowest BCUT2D eigenvalue weighted by atomic mass is 9.94. The number of carboxylic acid groups (broad SMARTS) is 1. The smallest absolute Gasteiger partial charge is 0.335 e. The molecule has 3 aromatic rings. The molecule has 9 heteroatoms. The van der Waals surface area contributed by atoms with E-state index in [4.69, 9.17) is 16.7 Å². The van der Waals surface area contributed by atoms with E-state index in [1.807, 2.05) is 0 Å². The van der Waals surface area contributed by atoms with Crippen LogP contribution in [0.5, 0.6) is 0 Å². The van der Waals surface area contributed by atoms with Crippen LogP contribution in [0.3, 0.4) is 0 Å². The van der Waals surface area contributed by atoms with Gasteiger partial charge in [-0.3, -0.25) is 9.78 Å². The van der Waals surface area contributed by atoms with Crippen molar-refractivity contribution in [3.05, 3.63) is 82.4 Å². The Labute approximate surface area is 205 Å². The van der Waals surface area contributed by atoms with Crippen LogP contribution in [-0.4, -0.2) is 22.0 Å². The summed E-state index contributed by atoms with van der Waals surface area (Å²) in [4.78, 5) is 28.5. The number of aromatic carboxylic acids is 1. The lowest BCUT2D eigenvalue weighted by molar-refractivity contribution is -0.117. The molecule has 5 nitrogen and oxygen atoms in total. The number of amides is 1. The molecule has 0 spiro atoms. The van der Waals surface area contributed by atoms with Crippen LogP contribution in [0.4, 0.5) is 18.9 Å². The molecule has 1 aliphatic carbocycles. The number of nitrogens with one attached hydrogen (secondary N) is 1. The van der Waals surface area contributed by atoms with E-state index in [0.717, 1.165) is 18.6 Å². The molecule has 1 fully saturated rings. The van der Waals surface area contributed by atoms with Crippen LogP contribution >= 0.6 is 11.6 Å².